The van der Waals surface area contributed by atoms with Crippen LogP contribution in [0.15, 0.2) is 48.8 Å². The van der Waals surface area contributed by atoms with E-state index in [1.54, 1.807) is 7.11 Å². The molecule has 0 aliphatic carbocycles. The summed E-state index contributed by atoms with van der Waals surface area (Å²) in [4.78, 5) is 16.6. The van der Waals surface area contributed by atoms with E-state index in [1.807, 2.05) is 48.8 Å². The van der Waals surface area contributed by atoms with Gasteiger partial charge >= 0.3 is 0 Å². The van der Waals surface area contributed by atoms with Crippen LogP contribution in [0.25, 0.3) is 0 Å². The molecule has 1 aromatic carbocycles. The van der Waals surface area contributed by atoms with Crippen LogP contribution < -0.4 is 5.32 Å². The van der Waals surface area contributed by atoms with Gasteiger partial charge in [0.25, 0.3) is 0 Å². The molecule has 2 heterocycles. The van der Waals surface area contributed by atoms with Crippen LogP contribution in [0.1, 0.15) is 23.7 Å². The standard InChI is InChI=1S/C18H20ClN5O2/c1-26-12-16-20-18(23-22-16)21-17(25)10-14(11-24-8-2-3-9-24)13-4-6-15(19)7-5-13/h2-9,14H,10-12H2,1H3,(H2,20,21,22,23,25). The Morgan fingerprint density at radius 3 is 2.73 bits per heavy atom. The number of benzene rings is 1. The maximum absolute atomic E-state index is 12.5. The molecule has 7 nitrogen and oxygen atoms in total. The molecule has 26 heavy (non-hydrogen) atoms. The summed E-state index contributed by atoms with van der Waals surface area (Å²) in [7, 11) is 1.57. The number of anilines is 1. The van der Waals surface area contributed by atoms with E-state index in [2.05, 4.69) is 25.1 Å². The monoisotopic (exact) mass is 373 g/mol. The SMILES string of the molecule is COCc1nc(NC(=O)CC(Cn2cccc2)c2ccc(Cl)cc2)n[nH]1. The summed E-state index contributed by atoms with van der Waals surface area (Å²) in [6.45, 7) is 0.995. The average Bonchev–Trinajstić information content (AvgIpc) is 3.27. The van der Waals surface area contributed by atoms with Crippen molar-refractivity contribution in [3.8, 4) is 0 Å². The Labute approximate surface area is 156 Å². The van der Waals surface area contributed by atoms with E-state index in [9.17, 15) is 4.79 Å². The number of rotatable bonds is 8. The van der Waals surface area contributed by atoms with Crippen LogP contribution in [0, 0.1) is 0 Å². The highest BCUT2D eigenvalue weighted by Gasteiger charge is 2.18. The van der Waals surface area contributed by atoms with Gasteiger partial charge in [0.1, 0.15) is 6.61 Å². The van der Waals surface area contributed by atoms with Gasteiger partial charge in [-0.15, -0.1) is 5.10 Å². The number of H-pyrrole nitrogens is 1. The number of nitrogens with zero attached hydrogens (tertiary/aromatic N) is 3. The largest absolute Gasteiger partial charge is 0.377 e. The second kappa shape index (κ2) is 8.64. The van der Waals surface area contributed by atoms with E-state index in [0.29, 0.717) is 30.4 Å². The Hall–Kier alpha value is -2.64. The molecule has 0 aliphatic heterocycles. The summed E-state index contributed by atoms with van der Waals surface area (Å²) in [6.07, 6.45) is 4.26. The van der Waals surface area contributed by atoms with Crippen molar-refractivity contribution in [2.45, 2.75) is 25.5 Å². The molecule has 3 aromatic rings. The number of hydrogen-bond donors (Lipinski definition) is 2. The summed E-state index contributed by atoms with van der Waals surface area (Å²) in [5.74, 6) is 0.652. The molecule has 2 N–H and O–H groups in total. The normalized spacial score (nSPS) is 12.1. The quantitative estimate of drug-likeness (QED) is 0.635. The summed E-state index contributed by atoms with van der Waals surface area (Å²) in [5.41, 5.74) is 1.05. The summed E-state index contributed by atoms with van der Waals surface area (Å²) >= 11 is 5.99. The number of carbonyl (C=O) groups excluding carboxylic acids is 1. The number of aromatic nitrogens is 4. The fourth-order valence-corrected chi connectivity index (χ4v) is 2.85. The van der Waals surface area contributed by atoms with Crippen LogP contribution in [0.5, 0.6) is 0 Å². The summed E-state index contributed by atoms with van der Waals surface area (Å²) in [5, 5.41) is 10.1. The van der Waals surface area contributed by atoms with Crippen molar-refractivity contribution in [1.82, 2.24) is 19.7 Å². The van der Waals surface area contributed by atoms with E-state index in [0.717, 1.165) is 5.56 Å². The number of ether oxygens (including phenoxy) is 1. The second-order valence-corrected chi connectivity index (χ2v) is 6.36. The zero-order chi connectivity index (χ0) is 18.4. The number of amides is 1. The minimum Gasteiger partial charge on any atom is -0.377 e. The van der Waals surface area contributed by atoms with E-state index in [1.165, 1.54) is 0 Å². The third kappa shape index (κ3) is 4.93. The van der Waals surface area contributed by atoms with Gasteiger partial charge in [0, 0.05) is 43.4 Å². The van der Waals surface area contributed by atoms with Crippen LogP contribution >= 0.6 is 11.6 Å². The van der Waals surface area contributed by atoms with Gasteiger partial charge in [-0.1, -0.05) is 23.7 Å². The number of aromatic amines is 1. The molecule has 2 aromatic heterocycles. The maximum Gasteiger partial charge on any atom is 0.248 e. The van der Waals surface area contributed by atoms with Crippen molar-refractivity contribution in [2.24, 2.45) is 0 Å². The van der Waals surface area contributed by atoms with Gasteiger partial charge in [-0.25, -0.2) is 0 Å². The van der Waals surface area contributed by atoms with Crippen LogP contribution in [0.3, 0.4) is 0 Å². The van der Waals surface area contributed by atoms with Gasteiger partial charge in [0.15, 0.2) is 5.82 Å². The highest BCUT2D eigenvalue weighted by atomic mass is 35.5. The first-order valence-electron chi connectivity index (χ1n) is 8.20. The molecule has 1 amide bonds. The van der Waals surface area contributed by atoms with Crippen molar-refractivity contribution in [2.75, 3.05) is 12.4 Å². The molecule has 0 bridgehead atoms. The van der Waals surface area contributed by atoms with Crippen LogP contribution in [-0.2, 0) is 22.7 Å². The molecule has 0 aliphatic rings. The highest BCUT2D eigenvalue weighted by Crippen LogP contribution is 2.24. The van der Waals surface area contributed by atoms with E-state index in [4.69, 9.17) is 16.3 Å². The van der Waals surface area contributed by atoms with Crippen molar-refractivity contribution < 1.29 is 9.53 Å². The van der Waals surface area contributed by atoms with Crippen molar-refractivity contribution >= 4 is 23.5 Å². The predicted molar refractivity (Wildman–Crippen MR) is 99.0 cm³/mol. The molecule has 0 radical (unpaired) electrons. The number of halogens is 1. The average molecular weight is 374 g/mol. The lowest BCUT2D eigenvalue weighted by Gasteiger charge is -2.18. The molecule has 1 unspecified atom stereocenters. The lowest BCUT2D eigenvalue weighted by molar-refractivity contribution is -0.116. The van der Waals surface area contributed by atoms with Gasteiger partial charge in [-0.2, -0.15) is 4.98 Å². The molecule has 8 heteroatoms. The van der Waals surface area contributed by atoms with Gasteiger partial charge in [0.2, 0.25) is 11.9 Å². The van der Waals surface area contributed by atoms with Crippen molar-refractivity contribution in [3.05, 3.63) is 65.2 Å². The minimum atomic E-state index is -0.153. The van der Waals surface area contributed by atoms with E-state index in [-0.39, 0.29) is 17.8 Å². The van der Waals surface area contributed by atoms with Crippen LogP contribution in [0.2, 0.25) is 5.02 Å². The fourth-order valence-electron chi connectivity index (χ4n) is 2.72. The number of methoxy groups -OCH3 is 1. The van der Waals surface area contributed by atoms with Crippen LogP contribution in [-0.4, -0.2) is 32.8 Å². The molecule has 0 fully saturated rings. The number of carbonyl (C=O) groups is 1. The first-order chi connectivity index (χ1) is 12.6. The molecule has 3 rings (SSSR count). The number of nitrogens with one attached hydrogen (secondary N) is 2. The predicted octanol–water partition coefficient (Wildman–Crippen LogP) is 3.22. The molecule has 136 valence electrons. The van der Waals surface area contributed by atoms with Gasteiger partial charge in [-0.05, 0) is 29.8 Å². The molecular formula is C18H20ClN5O2. The van der Waals surface area contributed by atoms with Crippen LogP contribution in [0.4, 0.5) is 5.95 Å². The van der Waals surface area contributed by atoms with E-state index < -0.39 is 0 Å². The first-order valence-corrected chi connectivity index (χ1v) is 8.58. The van der Waals surface area contributed by atoms with Gasteiger partial charge in [0.05, 0.1) is 0 Å². The van der Waals surface area contributed by atoms with Gasteiger partial charge in [-0.3, -0.25) is 15.2 Å². The fraction of sp³-hybridized carbons (Fsp3) is 0.278. The second-order valence-electron chi connectivity index (χ2n) is 5.92. The third-order valence-electron chi connectivity index (χ3n) is 3.93. The Morgan fingerprint density at radius 2 is 2.04 bits per heavy atom. The minimum absolute atomic E-state index is 0.00273. The molecule has 0 saturated carbocycles. The first kappa shape index (κ1) is 18.2. The summed E-state index contributed by atoms with van der Waals surface area (Å²) in [6, 6.07) is 11.5. The number of hydrogen-bond acceptors (Lipinski definition) is 4. The molecule has 0 saturated heterocycles. The maximum atomic E-state index is 12.5. The lowest BCUT2D eigenvalue weighted by Crippen LogP contribution is -2.19. The third-order valence-corrected chi connectivity index (χ3v) is 4.19. The van der Waals surface area contributed by atoms with Crippen molar-refractivity contribution in [3.63, 3.8) is 0 Å². The van der Waals surface area contributed by atoms with Crippen molar-refractivity contribution in [1.29, 1.82) is 0 Å². The molecular weight excluding hydrogens is 354 g/mol. The Balaban J connectivity index is 1.69. The smallest absolute Gasteiger partial charge is 0.248 e. The Kier molecular flexibility index (Phi) is 6.04. The Morgan fingerprint density at radius 1 is 1.31 bits per heavy atom. The summed E-state index contributed by atoms with van der Waals surface area (Å²) < 4.78 is 7.03. The van der Waals surface area contributed by atoms with E-state index >= 15 is 0 Å². The van der Waals surface area contributed by atoms with Gasteiger partial charge < -0.3 is 9.30 Å². The molecule has 1 atom stereocenters. The zero-order valence-corrected chi connectivity index (χ0v) is 15.1. The highest BCUT2D eigenvalue weighted by molar-refractivity contribution is 6.30. The molecule has 0 spiro atoms. The lowest BCUT2D eigenvalue weighted by atomic mass is 9.95. The zero-order valence-electron chi connectivity index (χ0n) is 14.4. The Bertz CT molecular complexity index is 830. The topological polar surface area (TPSA) is 84.8 Å².